The Morgan fingerprint density at radius 1 is 1.31 bits per heavy atom. The quantitative estimate of drug-likeness (QED) is 0.780. The van der Waals surface area contributed by atoms with Crippen molar-refractivity contribution in [1.29, 1.82) is 0 Å². The third-order valence-electron chi connectivity index (χ3n) is 4.60. The highest BCUT2D eigenvalue weighted by atomic mass is 19.4. The molecule has 1 aromatic heterocycles. The van der Waals surface area contributed by atoms with E-state index in [1.807, 2.05) is 4.90 Å². The van der Waals surface area contributed by atoms with Crippen molar-refractivity contribution in [3.63, 3.8) is 0 Å². The number of anilines is 1. The number of halogens is 3. The summed E-state index contributed by atoms with van der Waals surface area (Å²) in [7, 11) is 1.37. The number of ether oxygens (including phenoxy) is 2. The van der Waals surface area contributed by atoms with Gasteiger partial charge >= 0.3 is 12.1 Å². The molecule has 1 unspecified atom stereocenters. The van der Waals surface area contributed by atoms with Crippen molar-refractivity contribution in [1.82, 2.24) is 9.97 Å². The van der Waals surface area contributed by atoms with Crippen LogP contribution in [0.4, 0.5) is 19.1 Å². The number of benzene rings is 1. The summed E-state index contributed by atoms with van der Waals surface area (Å²) < 4.78 is 50.1. The van der Waals surface area contributed by atoms with Gasteiger partial charge in [-0.2, -0.15) is 13.2 Å². The van der Waals surface area contributed by atoms with Crippen LogP contribution in [0.15, 0.2) is 24.3 Å². The van der Waals surface area contributed by atoms with Gasteiger partial charge in [-0.25, -0.2) is 14.8 Å². The Bertz CT molecular complexity index is 905. The highest BCUT2D eigenvalue weighted by Gasteiger charge is 2.35. The molecule has 1 N–H and O–H groups in total. The minimum atomic E-state index is -4.54. The van der Waals surface area contributed by atoms with Gasteiger partial charge in [0.1, 0.15) is 11.5 Å². The lowest BCUT2D eigenvalue weighted by Crippen LogP contribution is -2.25. The molecule has 0 saturated carbocycles. The Balaban J connectivity index is 1.69. The fourth-order valence-electron chi connectivity index (χ4n) is 3.15. The number of carbonyl (C=O) groups is 1. The average molecular weight is 411 g/mol. The van der Waals surface area contributed by atoms with Crippen LogP contribution in [0.25, 0.3) is 0 Å². The first-order chi connectivity index (χ1) is 13.7. The molecule has 1 saturated heterocycles. The van der Waals surface area contributed by atoms with E-state index < -0.39 is 17.7 Å². The molecule has 0 amide bonds. The van der Waals surface area contributed by atoms with Gasteiger partial charge in [0.25, 0.3) is 0 Å². The molecular weight excluding hydrogens is 391 g/mol. The van der Waals surface area contributed by atoms with Crippen LogP contribution in [-0.2, 0) is 6.18 Å². The van der Waals surface area contributed by atoms with E-state index in [0.29, 0.717) is 31.2 Å². The van der Waals surface area contributed by atoms with Crippen molar-refractivity contribution in [3.8, 4) is 11.5 Å². The van der Waals surface area contributed by atoms with Crippen LogP contribution in [-0.4, -0.2) is 47.8 Å². The number of aromatic nitrogens is 2. The van der Waals surface area contributed by atoms with E-state index in [2.05, 4.69) is 9.97 Å². The maximum Gasteiger partial charge on any atom is 0.419 e. The fraction of sp³-hybridized carbons (Fsp3) is 0.421. The average Bonchev–Trinajstić information content (AvgIpc) is 3.14. The van der Waals surface area contributed by atoms with Crippen LogP contribution in [0.2, 0.25) is 0 Å². The smallest absolute Gasteiger partial charge is 0.419 e. The molecule has 2 heterocycles. The summed E-state index contributed by atoms with van der Waals surface area (Å²) in [6.07, 6.45) is -3.88. The SMILES string of the molecule is COc1ccc(C(F)(F)F)c(OCC2CCN(c3nc(C)cc(C(=O)O)n3)C2)c1. The molecule has 7 nitrogen and oxygen atoms in total. The summed E-state index contributed by atoms with van der Waals surface area (Å²) in [4.78, 5) is 21.3. The van der Waals surface area contributed by atoms with E-state index in [4.69, 9.17) is 14.6 Å². The number of hydrogen-bond acceptors (Lipinski definition) is 6. The van der Waals surface area contributed by atoms with Crippen LogP contribution in [0.1, 0.15) is 28.2 Å². The molecule has 0 radical (unpaired) electrons. The van der Waals surface area contributed by atoms with Gasteiger partial charge in [0, 0.05) is 30.8 Å². The standard InChI is InChI=1S/C19H20F3N3O4/c1-11-7-15(17(26)27)24-18(23-11)25-6-5-12(9-25)10-29-16-8-13(28-2)3-4-14(16)19(20,21)22/h3-4,7-8,12H,5-6,9-10H2,1-2H3,(H,26,27). The molecular formula is C19H20F3N3O4. The van der Waals surface area contributed by atoms with E-state index >= 15 is 0 Å². The number of nitrogens with zero attached hydrogens (tertiary/aromatic N) is 3. The molecule has 0 aliphatic carbocycles. The first-order valence-electron chi connectivity index (χ1n) is 8.89. The molecule has 0 spiro atoms. The van der Waals surface area contributed by atoms with E-state index in [0.717, 1.165) is 6.07 Å². The van der Waals surface area contributed by atoms with Crippen LogP contribution >= 0.6 is 0 Å². The summed E-state index contributed by atoms with van der Waals surface area (Å²) in [6.45, 7) is 2.76. The Morgan fingerprint density at radius 2 is 2.07 bits per heavy atom. The van der Waals surface area contributed by atoms with Crippen LogP contribution in [0.5, 0.6) is 11.5 Å². The summed E-state index contributed by atoms with van der Waals surface area (Å²) in [5, 5.41) is 9.14. The third-order valence-corrected chi connectivity index (χ3v) is 4.60. The maximum absolute atomic E-state index is 13.2. The number of aromatic carboxylic acids is 1. The third kappa shape index (κ3) is 4.87. The van der Waals surface area contributed by atoms with Crippen molar-refractivity contribution in [3.05, 3.63) is 41.2 Å². The van der Waals surface area contributed by atoms with Crippen molar-refractivity contribution in [2.75, 3.05) is 31.7 Å². The molecule has 156 valence electrons. The highest BCUT2D eigenvalue weighted by molar-refractivity contribution is 5.85. The molecule has 2 aromatic rings. The van der Waals surface area contributed by atoms with Gasteiger partial charge in [-0.3, -0.25) is 0 Å². The van der Waals surface area contributed by atoms with Gasteiger partial charge in [0.2, 0.25) is 5.95 Å². The molecule has 1 aromatic carbocycles. The maximum atomic E-state index is 13.2. The number of carboxylic acids is 1. The van der Waals surface area contributed by atoms with Crippen molar-refractivity contribution in [2.24, 2.45) is 5.92 Å². The Kier molecular flexibility index (Phi) is 5.81. The topological polar surface area (TPSA) is 84.8 Å². The second-order valence-electron chi connectivity index (χ2n) is 6.77. The van der Waals surface area contributed by atoms with E-state index in [1.165, 1.54) is 25.3 Å². The second-order valence-corrected chi connectivity index (χ2v) is 6.77. The lowest BCUT2D eigenvalue weighted by molar-refractivity contribution is -0.139. The zero-order chi connectivity index (χ0) is 21.2. The summed E-state index contributed by atoms with van der Waals surface area (Å²) >= 11 is 0. The van der Waals surface area contributed by atoms with Crippen molar-refractivity contribution < 1.29 is 32.5 Å². The second kappa shape index (κ2) is 8.14. The molecule has 0 bridgehead atoms. The lowest BCUT2D eigenvalue weighted by Gasteiger charge is -2.19. The number of carboxylic acid groups (broad SMARTS) is 1. The van der Waals surface area contributed by atoms with Gasteiger partial charge in [-0.05, 0) is 31.5 Å². The number of aryl methyl sites for hydroxylation is 1. The molecule has 10 heteroatoms. The highest BCUT2D eigenvalue weighted by Crippen LogP contribution is 2.38. The molecule has 1 aliphatic heterocycles. The monoisotopic (exact) mass is 411 g/mol. The van der Waals surface area contributed by atoms with Crippen LogP contribution < -0.4 is 14.4 Å². The number of rotatable bonds is 6. The van der Waals surface area contributed by atoms with E-state index in [9.17, 15) is 18.0 Å². The molecule has 1 atom stereocenters. The summed E-state index contributed by atoms with van der Waals surface area (Å²) in [5.74, 6) is -0.916. The van der Waals surface area contributed by atoms with Crippen LogP contribution in [0, 0.1) is 12.8 Å². The van der Waals surface area contributed by atoms with E-state index in [1.54, 1.807) is 6.92 Å². The van der Waals surface area contributed by atoms with Crippen molar-refractivity contribution in [2.45, 2.75) is 19.5 Å². The fourth-order valence-corrected chi connectivity index (χ4v) is 3.15. The predicted molar refractivity (Wildman–Crippen MR) is 97.5 cm³/mol. The van der Waals surface area contributed by atoms with Crippen LogP contribution in [0.3, 0.4) is 0 Å². The summed E-state index contributed by atoms with van der Waals surface area (Å²) in [5.41, 5.74) is -0.432. The first kappa shape index (κ1) is 20.7. The van der Waals surface area contributed by atoms with Gasteiger partial charge in [0.05, 0.1) is 19.3 Å². The van der Waals surface area contributed by atoms with Gasteiger partial charge < -0.3 is 19.5 Å². The summed E-state index contributed by atoms with van der Waals surface area (Å²) in [6, 6.07) is 4.77. The number of hydrogen-bond donors (Lipinski definition) is 1. The first-order valence-corrected chi connectivity index (χ1v) is 8.89. The van der Waals surface area contributed by atoms with Gasteiger partial charge in [-0.15, -0.1) is 0 Å². The van der Waals surface area contributed by atoms with Gasteiger partial charge in [-0.1, -0.05) is 0 Å². The Hall–Kier alpha value is -3.04. The molecule has 29 heavy (non-hydrogen) atoms. The minimum absolute atomic E-state index is 0.0559. The zero-order valence-electron chi connectivity index (χ0n) is 15.9. The normalized spacial score (nSPS) is 16.7. The molecule has 3 rings (SSSR count). The molecule has 1 aliphatic rings. The van der Waals surface area contributed by atoms with E-state index in [-0.39, 0.29) is 29.7 Å². The van der Waals surface area contributed by atoms with Crippen molar-refractivity contribution >= 4 is 11.9 Å². The molecule has 1 fully saturated rings. The predicted octanol–water partition coefficient (Wildman–Crippen LogP) is 3.42. The Labute approximate surface area is 165 Å². The number of alkyl halides is 3. The Morgan fingerprint density at radius 3 is 2.72 bits per heavy atom. The minimum Gasteiger partial charge on any atom is -0.497 e. The van der Waals surface area contributed by atoms with Gasteiger partial charge in [0.15, 0.2) is 5.69 Å². The number of methoxy groups -OCH3 is 1. The largest absolute Gasteiger partial charge is 0.497 e. The lowest BCUT2D eigenvalue weighted by atomic mass is 10.1. The zero-order valence-corrected chi connectivity index (χ0v) is 15.9.